The Balaban J connectivity index is 1.57. The molecule has 0 saturated heterocycles. The largest absolute Gasteiger partial charge is 0.356 e. The Hall–Kier alpha value is -4.50. The van der Waals surface area contributed by atoms with Crippen LogP contribution in [0.5, 0.6) is 0 Å². The number of hydrogen-bond acceptors (Lipinski definition) is 6. The van der Waals surface area contributed by atoms with Gasteiger partial charge in [-0.15, -0.1) is 0 Å². The number of amides is 2. The molecule has 0 bridgehead atoms. The second kappa shape index (κ2) is 10.2. The average molecular weight is 498 g/mol. The smallest absolute Gasteiger partial charge is 0.270 e. The van der Waals surface area contributed by atoms with Crippen molar-refractivity contribution >= 4 is 40.1 Å². The van der Waals surface area contributed by atoms with Crippen molar-refractivity contribution in [3.05, 3.63) is 98.6 Å². The van der Waals surface area contributed by atoms with Gasteiger partial charge >= 0.3 is 0 Å². The molecule has 0 radical (unpaired) electrons. The molecule has 4 N–H and O–H groups in total. The van der Waals surface area contributed by atoms with E-state index in [-0.39, 0.29) is 17.5 Å². The minimum absolute atomic E-state index is 0.0753. The molecule has 9 nitrogen and oxygen atoms in total. The fourth-order valence-electron chi connectivity index (χ4n) is 4.72. The molecule has 3 aromatic rings. The van der Waals surface area contributed by atoms with Gasteiger partial charge in [0.2, 0.25) is 5.91 Å². The van der Waals surface area contributed by atoms with Gasteiger partial charge in [-0.05, 0) is 59.8 Å². The van der Waals surface area contributed by atoms with E-state index in [1.807, 2.05) is 30.3 Å². The Morgan fingerprint density at radius 3 is 2.62 bits per heavy atom. The molecule has 37 heavy (non-hydrogen) atoms. The number of nitro groups is 1. The quantitative estimate of drug-likeness (QED) is 0.223. The Morgan fingerprint density at radius 2 is 1.86 bits per heavy atom. The molecule has 0 fully saturated rings. The number of fused-ring (bicyclic) bond motifs is 2. The molecule has 0 aromatic heterocycles. The van der Waals surface area contributed by atoms with Crippen LogP contribution in [0.4, 0.5) is 17.1 Å². The number of anilines is 2. The monoisotopic (exact) mass is 497 g/mol. The maximum atomic E-state index is 13.2. The van der Waals surface area contributed by atoms with Crippen LogP contribution in [0, 0.1) is 10.1 Å². The summed E-state index contributed by atoms with van der Waals surface area (Å²) in [7, 11) is 0. The summed E-state index contributed by atoms with van der Waals surface area (Å²) in [5, 5.41) is 23.9. The van der Waals surface area contributed by atoms with E-state index < -0.39 is 4.92 Å². The van der Waals surface area contributed by atoms with Crippen molar-refractivity contribution in [3.63, 3.8) is 0 Å². The second-order valence-corrected chi connectivity index (χ2v) is 9.16. The summed E-state index contributed by atoms with van der Waals surface area (Å²) in [6.07, 6.45) is 1.59. The van der Waals surface area contributed by atoms with Crippen LogP contribution < -0.4 is 21.3 Å². The zero-order valence-corrected chi connectivity index (χ0v) is 20.4. The molecule has 2 amide bonds. The third-order valence-electron chi connectivity index (χ3n) is 6.60. The normalized spacial score (nSPS) is 15.3. The fraction of sp³-hybridized carbons (Fsp3) is 0.214. The van der Waals surface area contributed by atoms with E-state index in [1.165, 1.54) is 30.2 Å². The van der Waals surface area contributed by atoms with Gasteiger partial charge in [-0.25, -0.2) is 0 Å². The van der Waals surface area contributed by atoms with Crippen molar-refractivity contribution in [2.24, 2.45) is 0 Å². The molecule has 0 saturated carbocycles. The van der Waals surface area contributed by atoms with E-state index in [1.54, 1.807) is 6.07 Å². The average Bonchev–Trinajstić information content (AvgIpc) is 3.22. The predicted octanol–water partition coefficient (Wildman–Crippen LogP) is 3.85. The van der Waals surface area contributed by atoms with Gasteiger partial charge in [0.05, 0.1) is 16.2 Å². The van der Waals surface area contributed by atoms with Gasteiger partial charge in [-0.1, -0.05) is 30.3 Å². The number of benzene rings is 3. The minimum atomic E-state index is -0.463. The van der Waals surface area contributed by atoms with Crippen LogP contribution in [0.3, 0.4) is 0 Å². The molecular weight excluding hydrogens is 470 g/mol. The van der Waals surface area contributed by atoms with Crippen LogP contribution in [-0.4, -0.2) is 29.8 Å². The van der Waals surface area contributed by atoms with Gasteiger partial charge in [0.15, 0.2) is 0 Å². The Bertz CT molecular complexity index is 1430. The Morgan fingerprint density at radius 1 is 1.05 bits per heavy atom. The summed E-state index contributed by atoms with van der Waals surface area (Å²) in [6.45, 7) is 3.75. The third kappa shape index (κ3) is 5.22. The standard InChI is InChI=1S/C28H27N5O4/c1-17(34)30-13-10-18-2-4-19(5-3-18)27(31-22-7-6-21-16-29-12-11-20(21)14-22)26-24-15-23(33(36)37)8-9-25(24)32-28(26)35/h2-9,14-15,29,31H,10-13,16H2,1H3,(H,30,34)(H,32,35). The SMILES string of the molecule is CC(=O)NCCc1ccc(C(Nc2ccc3c(c2)CCNC3)=C2C(=O)Nc3ccc([N+](=O)[O-])cc32)cc1. The Labute approximate surface area is 214 Å². The van der Waals surface area contributed by atoms with Crippen LogP contribution in [0.25, 0.3) is 11.3 Å². The third-order valence-corrected chi connectivity index (χ3v) is 6.60. The molecule has 0 atom stereocenters. The molecule has 2 aliphatic heterocycles. The van der Waals surface area contributed by atoms with Gasteiger partial charge in [-0.3, -0.25) is 19.7 Å². The van der Waals surface area contributed by atoms with Crippen LogP contribution in [0.2, 0.25) is 0 Å². The summed E-state index contributed by atoms with van der Waals surface area (Å²) in [4.78, 5) is 35.4. The number of nitrogens with zero attached hydrogens (tertiary/aromatic N) is 1. The summed E-state index contributed by atoms with van der Waals surface area (Å²) in [5.41, 5.74) is 6.99. The van der Waals surface area contributed by atoms with Crippen molar-refractivity contribution in [2.75, 3.05) is 23.7 Å². The van der Waals surface area contributed by atoms with Crippen molar-refractivity contribution in [1.82, 2.24) is 10.6 Å². The van der Waals surface area contributed by atoms with Crippen LogP contribution in [0.1, 0.15) is 34.7 Å². The highest BCUT2D eigenvalue weighted by Crippen LogP contribution is 2.39. The zero-order chi connectivity index (χ0) is 25.9. The number of rotatable bonds is 7. The van der Waals surface area contributed by atoms with Crippen LogP contribution >= 0.6 is 0 Å². The first-order chi connectivity index (χ1) is 17.9. The topological polar surface area (TPSA) is 125 Å². The second-order valence-electron chi connectivity index (χ2n) is 9.16. The van der Waals surface area contributed by atoms with Crippen LogP contribution in [-0.2, 0) is 29.0 Å². The number of carbonyl (C=O) groups excluding carboxylic acids is 2. The van der Waals surface area contributed by atoms with E-state index in [2.05, 4.69) is 33.4 Å². The van der Waals surface area contributed by atoms with Gasteiger partial charge in [0, 0.05) is 49.1 Å². The Kier molecular flexibility index (Phi) is 6.70. The highest BCUT2D eigenvalue weighted by Gasteiger charge is 2.30. The lowest BCUT2D eigenvalue weighted by Crippen LogP contribution is -2.23. The molecule has 0 spiro atoms. The van der Waals surface area contributed by atoms with E-state index in [9.17, 15) is 19.7 Å². The van der Waals surface area contributed by atoms with Crippen molar-refractivity contribution in [1.29, 1.82) is 0 Å². The van der Waals surface area contributed by atoms with Crippen molar-refractivity contribution < 1.29 is 14.5 Å². The highest BCUT2D eigenvalue weighted by atomic mass is 16.6. The molecule has 0 unspecified atom stereocenters. The molecule has 188 valence electrons. The molecule has 2 aliphatic rings. The molecule has 5 rings (SSSR count). The first-order valence-corrected chi connectivity index (χ1v) is 12.2. The predicted molar refractivity (Wildman–Crippen MR) is 143 cm³/mol. The highest BCUT2D eigenvalue weighted by molar-refractivity contribution is 6.37. The lowest BCUT2D eigenvalue weighted by Gasteiger charge is -2.20. The summed E-state index contributed by atoms with van der Waals surface area (Å²) in [6, 6.07) is 18.3. The maximum Gasteiger partial charge on any atom is 0.270 e. The molecular formula is C28H27N5O4. The lowest BCUT2D eigenvalue weighted by molar-refractivity contribution is -0.384. The van der Waals surface area contributed by atoms with Gasteiger partial charge in [0.25, 0.3) is 11.6 Å². The number of nitro benzene ring substituents is 1. The number of non-ortho nitro benzene ring substituents is 1. The number of hydrogen-bond donors (Lipinski definition) is 4. The number of nitrogens with one attached hydrogen (secondary N) is 4. The summed E-state index contributed by atoms with van der Waals surface area (Å²) in [5.74, 6) is -0.399. The first-order valence-electron chi connectivity index (χ1n) is 12.2. The van der Waals surface area contributed by atoms with E-state index in [4.69, 9.17) is 0 Å². The summed E-state index contributed by atoms with van der Waals surface area (Å²) >= 11 is 0. The molecule has 3 aromatic carbocycles. The fourth-order valence-corrected chi connectivity index (χ4v) is 4.72. The van der Waals surface area contributed by atoms with E-state index in [0.29, 0.717) is 35.5 Å². The van der Waals surface area contributed by atoms with Crippen molar-refractivity contribution in [2.45, 2.75) is 26.3 Å². The molecule has 2 heterocycles. The van der Waals surface area contributed by atoms with E-state index in [0.717, 1.165) is 36.3 Å². The van der Waals surface area contributed by atoms with Crippen molar-refractivity contribution in [3.8, 4) is 0 Å². The molecule has 9 heteroatoms. The first kappa shape index (κ1) is 24.2. The van der Waals surface area contributed by atoms with Gasteiger partial charge < -0.3 is 21.3 Å². The minimum Gasteiger partial charge on any atom is -0.356 e. The maximum absolute atomic E-state index is 13.2. The van der Waals surface area contributed by atoms with Crippen LogP contribution in [0.15, 0.2) is 60.7 Å². The lowest BCUT2D eigenvalue weighted by atomic mass is 9.97. The van der Waals surface area contributed by atoms with Gasteiger partial charge in [-0.2, -0.15) is 0 Å². The van der Waals surface area contributed by atoms with Gasteiger partial charge in [0.1, 0.15) is 0 Å². The zero-order valence-electron chi connectivity index (χ0n) is 20.4. The summed E-state index contributed by atoms with van der Waals surface area (Å²) < 4.78 is 0. The van der Waals surface area contributed by atoms with E-state index >= 15 is 0 Å². The number of carbonyl (C=O) groups is 2. The molecule has 0 aliphatic carbocycles.